The lowest BCUT2D eigenvalue weighted by Gasteiger charge is -2.13. The average molecular weight is 470 g/mol. The first-order valence-electron chi connectivity index (χ1n) is 5.43. The predicted molar refractivity (Wildman–Crippen MR) is 92.5 cm³/mol. The van der Waals surface area contributed by atoms with Gasteiger partial charge in [-0.3, -0.25) is 0 Å². The van der Waals surface area contributed by atoms with Crippen molar-refractivity contribution < 1.29 is 9.47 Å². The number of rotatable bonds is 6. The Balaban J connectivity index is 2.87. The zero-order valence-electron chi connectivity index (χ0n) is 10.6. The Labute approximate surface area is 136 Å². The van der Waals surface area contributed by atoms with Gasteiger partial charge in [-0.05, 0) is 76.2 Å². The Morgan fingerprint density at radius 2 is 1.33 bits per heavy atom. The van der Waals surface area contributed by atoms with E-state index in [1.54, 1.807) is 0 Å². The standard InChI is InChI=1S/C14H16I2O2/c1-9(2)7-17-13-6-14(18-8-10(3)4)12(16)5-11(13)15/h5-6H,1,3,7-8H2,2,4H3. The molecule has 0 aromatic heterocycles. The SMILES string of the molecule is C=C(C)COc1cc(OCC(=C)C)c(I)cc1I. The van der Waals surface area contributed by atoms with Crippen LogP contribution < -0.4 is 9.47 Å². The van der Waals surface area contributed by atoms with Crippen LogP contribution in [-0.2, 0) is 0 Å². The summed E-state index contributed by atoms with van der Waals surface area (Å²) in [5.74, 6) is 1.66. The lowest BCUT2D eigenvalue weighted by atomic mass is 10.3. The first-order chi connectivity index (χ1) is 8.40. The van der Waals surface area contributed by atoms with Crippen LogP contribution in [0.4, 0.5) is 0 Å². The Morgan fingerprint density at radius 3 is 1.67 bits per heavy atom. The van der Waals surface area contributed by atoms with E-state index in [2.05, 4.69) is 58.3 Å². The van der Waals surface area contributed by atoms with Gasteiger partial charge < -0.3 is 9.47 Å². The summed E-state index contributed by atoms with van der Waals surface area (Å²) in [4.78, 5) is 0. The van der Waals surface area contributed by atoms with E-state index in [0.717, 1.165) is 29.8 Å². The highest BCUT2D eigenvalue weighted by Gasteiger charge is 2.09. The lowest BCUT2D eigenvalue weighted by Crippen LogP contribution is -2.03. The fourth-order valence-corrected chi connectivity index (χ4v) is 2.98. The van der Waals surface area contributed by atoms with Crippen LogP contribution in [0, 0.1) is 7.14 Å². The van der Waals surface area contributed by atoms with Crippen molar-refractivity contribution in [3.8, 4) is 11.5 Å². The maximum absolute atomic E-state index is 5.69. The van der Waals surface area contributed by atoms with Crippen LogP contribution in [0.15, 0.2) is 36.4 Å². The highest BCUT2D eigenvalue weighted by atomic mass is 127. The highest BCUT2D eigenvalue weighted by molar-refractivity contribution is 14.1. The van der Waals surface area contributed by atoms with Crippen molar-refractivity contribution in [1.82, 2.24) is 0 Å². The number of halogens is 2. The summed E-state index contributed by atoms with van der Waals surface area (Å²) in [6, 6.07) is 3.97. The molecule has 1 aromatic rings. The van der Waals surface area contributed by atoms with Crippen LogP contribution in [0.25, 0.3) is 0 Å². The van der Waals surface area contributed by atoms with Gasteiger partial charge in [0.25, 0.3) is 0 Å². The van der Waals surface area contributed by atoms with Crippen LogP contribution >= 0.6 is 45.2 Å². The molecular formula is C14H16I2O2. The van der Waals surface area contributed by atoms with Crippen molar-refractivity contribution >= 4 is 45.2 Å². The molecule has 0 aliphatic heterocycles. The van der Waals surface area contributed by atoms with Crippen LogP contribution in [-0.4, -0.2) is 13.2 Å². The Morgan fingerprint density at radius 1 is 0.944 bits per heavy atom. The van der Waals surface area contributed by atoms with Gasteiger partial charge in [-0.25, -0.2) is 0 Å². The van der Waals surface area contributed by atoms with Crippen LogP contribution in [0.2, 0.25) is 0 Å². The Bertz CT molecular complexity index is 428. The maximum atomic E-state index is 5.69. The van der Waals surface area contributed by atoms with E-state index >= 15 is 0 Å². The molecule has 18 heavy (non-hydrogen) atoms. The smallest absolute Gasteiger partial charge is 0.136 e. The molecule has 0 fully saturated rings. The van der Waals surface area contributed by atoms with Crippen molar-refractivity contribution in [2.24, 2.45) is 0 Å². The van der Waals surface area contributed by atoms with Gasteiger partial charge in [0.15, 0.2) is 0 Å². The second kappa shape index (κ2) is 7.37. The van der Waals surface area contributed by atoms with Gasteiger partial charge in [0.05, 0.1) is 7.14 Å². The Kier molecular flexibility index (Phi) is 6.48. The first-order valence-corrected chi connectivity index (χ1v) is 7.59. The second-order valence-electron chi connectivity index (χ2n) is 4.20. The van der Waals surface area contributed by atoms with Gasteiger partial charge in [0.2, 0.25) is 0 Å². The molecule has 0 saturated heterocycles. The fourth-order valence-electron chi connectivity index (χ4n) is 1.13. The molecule has 4 heteroatoms. The molecule has 1 aromatic carbocycles. The molecule has 0 aliphatic rings. The summed E-state index contributed by atoms with van der Waals surface area (Å²) in [6.07, 6.45) is 0. The molecule has 2 nitrogen and oxygen atoms in total. The molecule has 0 spiro atoms. The molecule has 0 amide bonds. The molecule has 0 radical (unpaired) electrons. The van der Waals surface area contributed by atoms with Crippen molar-refractivity contribution in [3.63, 3.8) is 0 Å². The molecule has 0 saturated carbocycles. The van der Waals surface area contributed by atoms with E-state index in [-0.39, 0.29) is 0 Å². The van der Waals surface area contributed by atoms with E-state index in [1.165, 1.54) is 0 Å². The minimum Gasteiger partial charge on any atom is -0.488 e. The monoisotopic (exact) mass is 470 g/mol. The van der Waals surface area contributed by atoms with E-state index in [9.17, 15) is 0 Å². The number of ether oxygens (including phenoxy) is 2. The topological polar surface area (TPSA) is 18.5 Å². The summed E-state index contributed by atoms with van der Waals surface area (Å²) in [7, 11) is 0. The molecule has 0 bridgehead atoms. The molecule has 0 N–H and O–H groups in total. The third-order valence-corrected chi connectivity index (χ3v) is 3.62. The van der Waals surface area contributed by atoms with Gasteiger partial charge in [-0.2, -0.15) is 0 Å². The predicted octanol–water partition coefficient (Wildman–Crippen LogP) is 4.81. The van der Waals surface area contributed by atoms with Crippen molar-refractivity contribution in [2.45, 2.75) is 13.8 Å². The number of benzene rings is 1. The Hall–Kier alpha value is -0.240. The van der Waals surface area contributed by atoms with Crippen molar-refractivity contribution in [3.05, 3.63) is 43.6 Å². The summed E-state index contributed by atoms with van der Waals surface area (Å²) in [5, 5.41) is 0. The molecule has 98 valence electrons. The molecule has 1 rings (SSSR count). The molecule has 0 unspecified atom stereocenters. The minimum atomic E-state index is 0.524. The fraction of sp³-hybridized carbons (Fsp3) is 0.286. The number of hydrogen-bond donors (Lipinski definition) is 0. The average Bonchev–Trinajstić information content (AvgIpc) is 2.26. The highest BCUT2D eigenvalue weighted by Crippen LogP contribution is 2.31. The zero-order valence-corrected chi connectivity index (χ0v) is 14.9. The van der Waals surface area contributed by atoms with E-state index in [4.69, 9.17) is 9.47 Å². The van der Waals surface area contributed by atoms with Crippen molar-refractivity contribution in [1.29, 1.82) is 0 Å². The first kappa shape index (κ1) is 15.8. The third kappa shape index (κ3) is 5.17. The summed E-state index contributed by atoms with van der Waals surface area (Å²) < 4.78 is 13.5. The third-order valence-electron chi connectivity index (χ3n) is 1.93. The van der Waals surface area contributed by atoms with E-state index in [1.807, 2.05) is 26.0 Å². The van der Waals surface area contributed by atoms with Gasteiger partial charge >= 0.3 is 0 Å². The van der Waals surface area contributed by atoms with E-state index in [0.29, 0.717) is 13.2 Å². The summed E-state index contributed by atoms with van der Waals surface area (Å²) in [6.45, 7) is 12.6. The summed E-state index contributed by atoms with van der Waals surface area (Å²) >= 11 is 4.52. The van der Waals surface area contributed by atoms with Gasteiger partial charge in [0, 0.05) is 6.07 Å². The van der Waals surface area contributed by atoms with Crippen LogP contribution in [0.3, 0.4) is 0 Å². The van der Waals surface area contributed by atoms with Crippen molar-refractivity contribution in [2.75, 3.05) is 13.2 Å². The van der Waals surface area contributed by atoms with Gasteiger partial charge in [-0.15, -0.1) is 0 Å². The van der Waals surface area contributed by atoms with Crippen LogP contribution in [0.1, 0.15) is 13.8 Å². The molecule has 0 heterocycles. The normalized spacial score (nSPS) is 10.0. The zero-order chi connectivity index (χ0) is 13.7. The quantitative estimate of drug-likeness (QED) is 0.440. The van der Waals surface area contributed by atoms with Crippen LogP contribution in [0.5, 0.6) is 11.5 Å². The lowest BCUT2D eigenvalue weighted by molar-refractivity contribution is 0.332. The minimum absolute atomic E-state index is 0.524. The largest absolute Gasteiger partial charge is 0.488 e. The maximum Gasteiger partial charge on any atom is 0.136 e. The second-order valence-corrected chi connectivity index (χ2v) is 6.53. The summed E-state index contributed by atoms with van der Waals surface area (Å²) in [5.41, 5.74) is 1.99. The van der Waals surface area contributed by atoms with Gasteiger partial charge in [-0.1, -0.05) is 13.2 Å². The van der Waals surface area contributed by atoms with E-state index < -0.39 is 0 Å². The number of hydrogen-bond acceptors (Lipinski definition) is 2. The molecular weight excluding hydrogens is 454 g/mol. The van der Waals surface area contributed by atoms with Gasteiger partial charge in [0.1, 0.15) is 24.7 Å². The molecule has 0 aliphatic carbocycles. The molecule has 0 atom stereocenters.